The molecule has 0 saturated carbocycles. The Morgan fingerprint density at radius 2 is 1.90 bits per heavy atom. The number of nitrogen functional groups attached to an aromatic ring is 1. The second-order valence-electron chi connectivity index (χ2n) is 4.61. The van der Waals surface area contributed by atoms with E-state index in [9.17, 15) is 14.0 Å². The summed E-state index contributed by atoms with van der Waals surface area (Å²) >= 11 is 0. The number of benzene rings is 2. The number of carbonyl (C=O) groups excluding carboxylic acids is 2. The molecular formula is C15H11FN2O3. The van der Waals surface area contributed by atoms with Crippen LogP contribution in [0.5, 0.6) is 5.75 Å². The van der Waals surface area contributed by atoms with E-state index >= 15 is 0 Å². The van der Waals surface area contributed by atoms with Crippen LogP contribution in [0, 0.1) is 5.82 Å². The number of nitrogens with two attached hydrogens (primary N) is 1. The molecule has 0 saturated heterocycles. The molecule has 1 heterocycles. The van der Waals surface area contributed by atoms with Crippen LogP contribution in [-0.2, 0) is 4.79 Å². The average molecular weight is 286 g/mol. The number of halogens is 1. The van der Waals surface area contributed by atoms with Gasteiger partial charge >= 0.3 is 0 Å². The largest absolute Gasteiger partial charge is 0.482 e. The Labute approximate surface area is 119 Å². The van der Waals surface area contributed by atoms with Gasteiger partial charge in [0.25, 0.3) is 5.91 Å². The SMILES string of the molecule is Nc1cc(C(=O)c2ccc3c(c2)NC(=O)CO3)ccc1F. The Balaban J connectivity index is 1.96. The summed E-state index contributed by atoms with van der Waals surface area (Å²) in [5.74, 6) is -0.662. The highest BCUT2D eigenvalue weighted by atomic mass is 19.1. The molecule has 2 aromatic rings. The molecule has 0 bridgehead atoms. The molecule has 106 valence electrons. The van der Waals surface area contributed by atoms with Crippen LogP contribution >= 0.6 is 0 Å². The van der Waals surface area contributed by atoms with Crippen LogP contribution in [0.1, 0.15) is 15.9 Å². The van der Waals surface area contributed by atoms with Crippen LogP contribution in [0.2, 0.25) is 0 Å². The topological polar surface area (TPSA) is 81.4 Å². The first-order valence-corrected chi connectivity index (χ1v) is 6.21. The highest BCUT2D eigenvalue weighted by Gasteiger charge is 2.18. The van der Waals surface area contributed by atoms with Gasteiger partial charge in [0.1, 0.15) is 11.6 Å². The van der Waals surface area contributed by atoms with Crippen molar-refractivity contribution in [2.24, 2.45) is 0 Å². The third-order valence-electron chi connectivity index (χ3n) is 3.13. The van der Waals surface area contributed by atoms with Gasteiger partial charge in [0.05, 0.1) is 11.4 Å². The summed E-state index contributed by atoms with van der Waals surface area (Å²) in [5, 5.41) is 2.63. The first-order chi connectivity index (χ1) is 10.0. The molecule has 3 N–H and O–H groups in total. The van der Waals surface area contributed by atoms with E-state index in [1.165, 1.54) is 18.2 Å². The number of ketones is 1. The Morgan fingerprint density at radius 1 is 1.19 bits per heavy atom. The van der Waals surface area contributed by atoms with E-state index in [1.54, 1.807) is 12.1 Å². The molecule has 2 aromatic carbocycles. The summed E-state index contributed by atoms with van der Waals surface area (Å²) < 4.78 is 18.4. The molecule has 0 fully saturated rings. The van der Waals surface area contributed by atoms with Crippen molar-refractivity contribution in [2.75, 3.05) is 17.7 Å². The van der Waals surface area contributed by atoms with Crippen LogP contribution in [0.4, 0.5) is 15.8 Å². The molecule has 1 aliphatic rings. The summed E-state index contributed by atoms with van der Waals surface area (Å²) in [5.41, 5.74) is 6.44. The van der Waals surface area contributed by atoms with Crippen LogP contribution in [0.25, 0.3) is 0 Å². The summed E-state index contributed by atoms with van der Waals surface area (Å²) in [6.45, 7) is -0.0468. The van der Waals surface area contributed by atoms with E-state index in [0.717, 1.165) is 6.07 Å². The molecule has 0 spiro atoms. The Bertz CT molecular complexity index is 759. The van der Waals surface area contributed by atoms with Crippen molar-refractivity contribution < 1.29 is 18.7 Å². The van der Waals surface area contributed by atoms with Gasteiger partial charge in [0.2, 0.25) is 0 Å². The highest BCUT2D eigenvalue weighted by molar-refractivity contribution is 6.10. The van der Waals surface area contributed by atoms with E-state index in [4.69, 9.17) is 10.5 Å². The molecule has 6 heteroatoms. The van der Waals surface area contributed by atoms with Crippen LogP contribution < -0.4 is 15.8 Å². The number of hydrogen-bond acceptors (Lipinski definition) is 4. The zero-order valence-electron chi connectivity index (χ0n) is 10.9. The monoisotopic (exact) mass is 286 g/mol. The number of amides is 1. The summed E-state index contributed by atoms with van der Waals surface area (Å²) in [7, 11) is 0. The zero-order chi connectivity index (χ0) is 15.0. The van der Waals surface area contributed by atoms with E-state index in [0.29, 0.717) is 17.0 Å². The minimum atomic E-state index is -0.572. The summed E-state index contributed by atoms with van der Waals surface area (Å²) in [6, 6.07) is 8.50. The molecule has 3 rings (SSSR count). The lowest BCUT2D eigenvalue weighted by molar-refractivity contribution is -0.118. The molecule has 0 unspecified atom stereocenters. The molecule has 1 amide bonds. The molecule has 0 aromatic heterocycles. The molecule has 0 atom stereocenters. The molecular weight excluding hydrogens is 275 g/mol. The van der Waals surface area contributed by atoms with Gasteiger partial charge in [0, 0.05) is 11.1 Å². The fourth-order valence-electron chi connectivity index (χ4n) is 2.08. The minimum absolute atomic E-state index is 0.0468. The van der Waals surface area contributed by atoms with Gasteiger partial charge in [-0.05, 0) is 36.4 Å². The third-order valence-corrected chi connectivity index (χ3v) is 3.13. The van der Waals surface area contributed by atoms with Gasteiger partial charge in [0.15, 0.2) is 12.4 Å². The quantitative estimate of drug-likeness (QED) is 0.653. The van der Waals surface area contributed by atoms with E-state index in [-0.39, 0.29) is 29.5 Å². The highest BCUT2D eigenvalue weighted by Crippen LogP contribution is 2.29. The number of rotatable bonds is 2. The lowest BCUT2D eigenvalue weighted by Gasteiger charge is -2.18. The van der Waals surface area contributed by atoms with Gasteiger partial charge in [-0.2, -0.15) is 0 Å². The van der Waals surface area contributed by atoms with E-state index in [2.05, 4.69) is 5.32 Å². The molecule has 21 heavy (non-hydrogen) atoms. The Hall–Kier alpha value is -2.89. The number of anilines is 2. The normalized spacial score (nSPS) is 13.1. The molecule has 0 aliphatic carbocycles. The maximum absolute atomic E-state index is 13.1. The zero-order valence-corrected chi connectivity index (χ0v) is 10.9. The van der Waals surface area contributed by atoms with Crippen LogP contribution in [0.3, 0.4) is 0 Å². The van der Waals surface area contributed by atoms with Crippen molar-refractivity contribution in [3.63, 3.8) is 0 Å². The average Bonchev–Trinajstić information content (AvgIpc) is 2.48. The molecule has 5 nitrogen and oxygen atoms in total. The first kappa shape index (κ1) is 13.1. The third kappa shape index (κ3) is 2.43. The fourth-order valence-corrected chi connectivity index (χ4v) is 2.08. The standard InChI is InChI=1S/C15H11FN2O3/c16-10-3-1-8(5-11(10)17)15(20)9-2-4-13-12(6-9)18-14(19)7-21-13/h1-6H,7,17H2,(H,18,19). The second-order valence-corrected chi connectivity index (χ2v) is 4.61. The van der Waals surface area contributed by atoms with Gasteiger partial charge < -0.3 is 15.8 Å². The number of nitrogens with one attached hydrogen (secondary N) is 1. The Morgan fingerprint density at radius 3 is 2.67 bits per heavy atom. The van der Waals surface area contributed by atoms with E-state index < -0.39 is 5.82 Å². The number of carbonyl (C=O) groups is 2. The summed E-state index contributed by atoms with van der Waals surface area (Å²) in [4.78, 5) is 23.6. The smallest absolute Gasteiger partial charge is 0.262 e. The van der Waals surface area contributed by atoms with Gasteiger partial charge in [-0.1, -0.05) is 0 Å². The van der Waals surface area contributed by atoms with Gasteiger partial charge in [-0.25, -0.2) is 4.39 Å². The van der Waals surface area contributed by atoms with Crippen molar-refractivity contribution >= 4 is 23.1 Å². The number of ether oxygens (including phenoxy) is 1. The maximum atomic E-state index is 13.1. The van der Waals surface area contributed by atoms with E-state index in [1.807, 2.05) is 0 Å². The molecule has 0 radical (unpaired) electrons. The van der Waals surface area contributed by atoms with Crippen molar-refractivity contribution in [2.45, 2.75) is 0 Å². The van der Waals surface area contributed by atoms with Crippen LogP contribution in [-0.4, -0.2) is 18.3 Å². The fraction of sp³-hybridized carbons (Fsp3) is 0.0667. The second kappa shape index (κ2) is 4.90. The van der Waals surface area contributed by atoms with Gasteiger partial charge in [-0.15, -0.1) is 0 Å². The van der Waals surface area contributed by atoms with Crippen molar-refractivity contribution in [3.05, 3.63) is 53.3 Å². The van der Waals surface area contributed by atoms with Crippen molar-refractivity contribution in [3.8, 4) is 5.75 Å². The number of hydrogen-bond donors (Lipinski definition) is 2. The minimum Gasteiger partial charge on any atom is -0.482 e. The lowest BCUT2D eigenvalue weighted by Crippen LogP contribution is -2.25. The Kier molecular flexibility index (Phi) is 3.06. The van der Waals surface area contributed by atoms with Crippen molar-refractivity contribution in [1.29, 1.82) is 0 Å². The lowest BCUT2D eigenvalue weighted by atomic mass is 10.0. The first-order valence-electron chi connectivity index (χ1n) is 6.21. The van der Waals surface area contributed by atoms with Crippen LogP contribution in [0.15, 0.2) is 36.4 Å². The predicted molar refractivity (Wildman–Crippen MR) is 74.8 cm³/mol. The maximum Gasteiger partial charge on any atom is 0.262 e. The summed E-state index contributed by atoms with van der Waals surface area (Å²) in [6.07, 6.45) is 0. The predicted octanol–water partition coefficient (Wildman–Crippen LogP) is 1.97. The van der Waals surface area contributed by atoms with Crippen molar-refractivity contribution in [1.82, 2.24) is 0 Å². The number of fused-ring (bicyclic) bond motifs is 1. The van der Waals surface area contributed by atoms with Gasteiger partial charge in [-0.3, -0.25) is 9.59 Å². The molecule has 1 aliphatic heterocycles.